The lowest BCUT2D eigenvalue weighted by Crippen LogP contribution is -2.46. The summed E-state index contributed by atoms with van der Waals surface area (Å²) in [4.78, 5) is 25.0. The summed E-state index contributed by atoms with van der Waals surface area (Å²) >= 11 is 0. The van der Waals surface area contributed by atoms with Gasteiger partial charge >= 0.3 is 11.9 Å². The van der Waals surface area contributed by atoms with E-state index in [1.807, 2.05) is 6.07 Å². The average Bonchev–Trinajstić information content (AvgIpc) is 2.37. The van der Waals surface area contributed by atoms with Crippen molar-refractivity contribution in [3.05, 3.63) is 12.7 Å². The minimum absolute atomic E-state index is 0.167. The summed E-state index contributed by atoms with van der Waals surface area (Å²) in [5.74, 6) is -1.05. The average molecular weight is 250 g/mol. The molecule has 5 heteroatoms. The first-order valence-electron chi connectivity index (χ1n) is 6.15. The first-order valence-corrected chi connectivity index (χ1v) is 6.15. The maximum Gasteiger partial charge on any atom is 0.331 e. The van der Waals surface area contributed by atoms with Crippen LogP contribution in [0.3, 0.4) is 0 Å². The lowest BCUT2D eigenvalue weighted by atomic mass is 10.0. The van der Waals surface area contributed by atoms with E-state index in [2.05, 4.69) is 6.58 Å². The highest BCUT2D eigenvalue weighted by Crippen LogP contribution is 2.17. The molecule has 0 radical (unpaired) electrons. The third-order valence-corrected chi connectivity index (χ3v) is 2.93. The van der Waals surface area contributed by atoms with Gasteiger partial charge in [0.1, 0.15) is 6.04 Å². The van der Waals surface area contributed by atoms with Gasteiger partial charge < -0.3 is 4.74 Å². The van der Waals surface area contributed by atoms with E-state index >= 15 is 0 Å². The highest BCUT2D eigenvalue weighted by atomic mass is 16.6. The van der Waals surface area contributed by atoms with Crippen LogP contribution in [0, 0.1) is 11.3 Å². The molecule has 0 saturated carbocycles. The van der Waals surface area contributed by atoms with Crippen molar-refractivity contribution >= 4 is 11.9 Å². The Labute approximate surface area is 107 Å². The number of hydrogen-bond acceptors (Lipinski definition) is 5. The Hall–Kier alpha value is -1.67. The summed E-state index contributed by atoms with van der Waals surface area (Å²) in [5.41, 5.74) is 0. The lowest BCUT2D eigenvalue weighted by molar-refractivity contribution is -0.164. The van der Waals surface area contributed by atoms with E-state index < -0.39 is 18.0 Å². The maximum atomic E-state index is 11.8. The van der Waals surface area contributed by atoms with Crippen LogP contribution in [0.25, 0.3) is 0 Å². The standard InChI is InChI=1S/C13H18N2O3/c1-2-3-7-12(16)18-13(17)11-6-4-5-9-15(11)10-8-14/h2,11H,1,3-7,9-10H2/t11-/m0/s1. The van der Waals surface area contributed by atoms with Crippen LogP contribution < -0.4 is 0 Å². The number of carbonyl (C=O) groups excluding carboxylic acids is 2. The van der Waals surface area contributed by atoms with Gasteiger partial charge in [-0.2, -0.15) is 5.26 Å². The largest absolute Gasteiger partial charge is 0.392 e. The van der Waals surface area contributed by atoms with Crippen molar-refractivity contribution in [2.45, 2.75) is 38.1 Å². The normalized spacial score (nSPS) is 19.8. The molecule has 1 rings (SSSR count). The zero-order chi connectivity index (χ0) is 13.4. The molecule has 98 valence electrons. The van der Waals surface area contributed by atoms with Gasteiger partial charge in [-0.15, -0.1) is 6.58 Å². The summed E-state index contributed by atoms with van der Waals surface area (Å²) < 4.78 is 4.79. The highest BCUT2D eigenvalue weighted by molar-refractivity contribution is 5.88. The van der Waals surface area contributed by atoms with E-state index in [1.54, 1.807) is 11.0 Å². The second-order valence-electron chi connectivity index (χ2n) is 4.26. The monoisotopic (exact) mass is 250 g/mol. The number of esters is 2. The summed E-state index contributed by atoms with van der Waals surface area (Å²) in [6.45, 7) is 4.40. The Morgan fingerprint density at radius 1 is 1.50 bits per heavy atom. The molecule has 5 nitrogen and oxygen atoms in total. The Balaban J connectivity index is 2.50. The second-order valence-corrected chi connectivity index (χ2v) is 4.26. The number of ether oxygens (including phenoxy) is 1. The summed E-state index contributed by atoms with van der Waals surface area (Å²) in [5, 5.41) is 8.69. The molecule has 1 atom stereocenters. The van der Waals surface area contributed by atoms with Crippen molar-refractivity contribution in [3.63, 3.8) is 0 Å². The van der Waals surface area contributed by atoms with Gasteiger partial charge in [0.25, 0.3) is 0 Å². The van der Waals surface area contributed by atoms with E-state index in [4.69, 9.17) is 10.00 Å². The molecule has 1 saturated heterocycles. The number of nitrogens with zero attached hydrogens (tertiary/aromatic N) is 2. The van der Waals surface area contributed by atoms with Gasteiger partial charge in [-0.3, -0.25) is 9.69 Å². The molecular weight excluding hydrogens is 232 g/mol. The maximum absolute atomic E-state index is 11.8. The number of rotatable bonds is 5. The number of hydrogen-bond donors (Lipinski definition) is 0. The molecular formula is C13H18N2O3. The quantitative estimate of drug-likeness (QED) is 0.319. The van der Waals surface area contributed by atoms with Crippen molar-refractivity contribution in [2.24, 2.45) is 0 Å². The fourth-order valence-electron chi connectivity index (χ4n) is 1.99. The molecule has 0 aromatic carbocycles. The van der Waals surface area contributed by atoms with Crippen molar-refractivity contribution < 1.29 is 14.3 Å². The van der Waals surface area contributed by atoms with Crippen LogP contribution in [0.2, 0.25) is 0 Å². The Kier molecular flexibility index (Phi) is 6.09. The summed E-state index contributed by atoms with van der Waals surface area (Å²) in [7, 11) is 0. The van der Waals surface area contributed by atoms with Crippen LogP contribution in [-0.4, -0.2) is 36.0 Å². The van der Waals surface area contributed by atoms with Gasteiger partial charge in [-0.05, 0) is 19.3 Å². The molecule has 0 bridgehead atoms. The summed E-state index contributed by atoms with van der Waals surface area (Å²) in [6.07, 6.45) is 4.81. The Morgan fingerprint density at radius 3 is 2.94 bits per heavy atom. The van der Waals surface area contributed by atoms with Crippen LogP contribution in [0.4, 0.5) is 0 Å². The molecule has 0 N–H and O–H groups in total. The molecule has 18 heavy (non-hydrogen) atoms. The highest BCUT2D eigenvalue weighted by Gasteiger charge is 2.30. The van der Waals surface area contributed by atoms with E-state index in [0.29, 0.717) is 19.4 Å². The first-order chi connectivity index (χ1) is 8.69. The smallest absolute Gasteiger partial charge is 0.331 e. The predicted molar refractivity (Wildman–Crippen MR) is 65.4 cm³/mol. The van der Waals surface area contributed by atoms with Gasteiger partial charge in [0, 0.05) is 13.0 Å². The lowest BCUT2D eigenvalue weighted by Gasteiger charge is -2.31. The van der Waals surface area contributed by atoms with E-state index in [0.717, 1.165) is 12.8 Å². The second kappa shape index (κ2) is 7.62. The number of carbonyl (C=O) groups is 2. The van der Waals surface area contributed by atoms with E-state index in [9.17, 15) is 9.59 Å². The number of nitriles is 1. The van der Waals surface area contributed by atoms with Crippen LogP contribution in [0.1, 0.15) is 32.1 Å². The molecule has 1 fully saturated rings. The molecule has 0 aliphatic carbocycles. The van der Waals surface area contributed by atoms with Crippen LogP contribution in [-0.2, 0) is 14.3 Å². The Morgan fingerprint density at radius 2 is 2.28 bits per heavy atom. The number of piperidine rings is 1. The van der Waals surface area contributed by atoms with Gasteiger partial charge in [0.05, 0.1) is 12.6 Å². The van der Waals surface area contributed by atoms with Gasteiger partial charge in [-0.1, -0.05) is 12.5 Å². The van der Waals surface area contributed by atoms with Gasteiger partial charge in [-0.25, -0.2) is 4.79 Å². The third-order valence-electron chi connectivity index (χ3n) is 2.93. The fourth-order valence-corrected chi connectivity index (χ4v) is 1.99. The fraction of sp³-hybridized carbons (Fsp3) is 0.615. The predicted octanol–water partition coefficient (Wildman–Crippen LogP) is 1.40. The number of allylic oxidation sites excluding steroid dienone is 1. The molecule has 1 heterocycles. The summed E-state index contributed by atoms with van der Waals surface area (Å²) in [6, 6.07) is 1.58. The molecule has 0 spiro atoms. The van der Waals surface area contributed by atoms with E-state index in [1.165, 1.54) is 0 Å². The molecule has 0 unspecified atom stereocenters. The minimum atomic E-state index is -0.529. The van der Waals surface area contributed by atoms with Crippen molar-refractivity contribution in [1.29, 1.82) is 5.26 Å². The molecule has 1 aliphatic heterocycles. The van der Waals surface area contributed by atoms with Gasteiger partial charge in [0.15, 0.2) is 0 Å². The van der Waals surface area contributed by atoms with Gasteiger partial charge in [0.2, 0.25) is 0 Å². The van der Waals surface area contributed by atoms with Crippen molar-refractivity contribution in [1.82, 2.24) is 4.90 Å². The Bertz CT molecular complexity index is 360. The van der Waals surface area contributed by atoms with Crippen LogP contribution in [0.5, 0.6) is 0 Å². The molecule has 0 aromatic heterocycles. The zero-order valence-corrected chi connectivity index (χ0v) is 10.4. The molecule has 0 amide bonds. The molecule has 1 aliphatic rings. The van der Waals surface area contributed by atoms with Crippen LogP contribution >= 0.6 is 0 Å². The topological polar surface area (TPSA) is 70.4 Å². The third kappa shape index (κ3) is 4.30. The zero-order valence-electron chi connectivity index (χ0n) is 10.4. The van der Waals surface area contributed by atoms with Crippen molar-refractivity contribution in [2.75, 3.05) is 13.1 Å². The first kappa shape index (κ1) is 14.4. The van der Waals surface area contributed by atoms with E-state index in [-0.39, 0.29) is 13.0 Å². The molecule has 0 aromatic rings. The van der Waals surface area contributed by atoms with Crippen molar-refractivity contribution in [3.8, 4) is 6.07 Å². The minimum Gasteiger partial charge on any atom is -0.392 e. The van der Waals surface area contributed by atoms with Crippen LogP contribution in [0.15, 0.2) is 12.7 Å². The number of likely N-dealkylation sites (tertiary alicyclic amines) is 1. The SMILES string of the molecule is C=CCCC(=O)OC(=O)[C@@H]1CCCCN1CC#N.